The summed E-state index contributed by atoms with van der Waals surface area (Å²) in [5.41, 5.74) is 0.461. The third kappa shape index (κ3) is 2.95. The second kappa shape index (κ2) is 4.79. The lowest BCUT2D eigenvalue weighted by atomic mass is 10.2. The molecule has 0 saturated carbocycles. The van der Waals surface area contributed by atoms with Crippen LogP contribution < -0.4 is 0 Å². The number of rotatable bonds is 2. The van der Waals surface area contributed by atoms with Crippen LogP contribution in [0.2, 0.25) is 0 Å². The van der Waals surface area contributed by atoms with Crippen LogP contribution in [-0.2, 0) is 6.18 Å². The van der Waals surface area contributed by atoms with Crippen molar-refractivity contribution in [2.45, 2.75) is 13.1 Å². The monoisotopic (exact) mass is 272 g/mol. The number of alkyl halides is 3. The smallest absolute Gasteiger partial charge is 0.207 e. The van der Waals surface area contributed by atoms with Crippen LogP contribution in [0, 0.1) is 12.7 Å². The normalized spacial score (nSPS) is 12.3. The van der Waals surface area contributed by atoms with Crippen molar-refractivity contribution >= 4 is 6.21 Å². The van der Waals surface area contributed by atoms with Crippen molar-refractivity contribution in [3.05, 3.63) is 47.3 Å². The van der Waals surface area contributed by atoms with Gasteiger partial charge in [-0.15, -0.1) is 10.2 Å². The van der Waals surface area contributed by atoms with E-state index in [-0.39, 0.29) is 5.82 Å². The summed E-state index contributed by atoms with van der Waals surface area (Å²) in [7, 11) is 0. The first-order valence-corrected chi connectivity index (χ1v) is 5.17. The van der Waals surface area contributed by atoms with Crippen molar-refractivity contribution in [1.29, 1.82) is 0 Å². The van der Waals surface area contributed by atoms with Crippen LogP contribution in [-0.4, -0.2) is 21.1 Å². The van der Waals surface area contributed by atoms with Crippen molar-refractivity contribution in [3.8, 4) is 0 Å². The van der Waals surface area contributed by atoms with Gasteiger partial charge in [0, 0.05) is 0 Å². The standard InChI is InChI=1S/C11H8F4N4/c1-7-17-18-10(11(13,14)15)19(7)16-6-8-2-4-9(12)5-3-8/h2-6H,1H3/b16-6+. The van der Waals surface area contributed by atoms with E-state index in [1.165, 1.54) is 37.4 Å². The van der Waals surface area contributed by atoms with E-state index in [4.69, 9.17) is 0 Å². The number of aryl methyl sites for hydroxylation is 1. The van der Waals surface area contributed by atoms with Crippen LogP contribution in [0.25, 0.3) is 0 Å². The predicted molar refractivity (Wildman–Crippen MR) is 59.2 cm³/mol. The largest absolute Gasteiger partial charge is 0.453 e. The van der Waals surface area contributed by atoms with Gasteiger partial charge < -0.3 is 0 Å². The van der Waals surface area contributed by atoms with E-state index in [1.54, 1.807) is 0 Å². The lowest BCUT2D eigenvalue weighted by Crippen LogP contribution is -2.13. The zero-order chi connectivity index (χ0) is 14.0. The molecule has 0 aliphatic carbocycles. The van der Waals surface area contributed by atoms with Crippen molar-refractivity contribution in [2.24, 2.45) is 5.10 Å². The molecule has 2 aromatic rings. The summed E-state index contributed by atoms with van der Waals surface area (Å²) in [6, 6.07) is 5.16. The first-order valence-electron chi connectivity index (χ1n) is 5.17. The molecule has 0 unspecified atom stereocenters. The minimum absolute atomic E-state index is 0.00527. The maximum absolute atomic E-state index is 12.7. The summed E-state index contributed by atoms with van der Waals surface area (Å²) in [4.78, 5) is 0. The zero-order valence-corrected chi connectivity index (χ0v) is 9.69. The minimum atomic E-state index is -4.64. The maximum Gasteiger partial charge on any atom is 0.453 e. The van der Waals surface area contributed by atoms with E-state index in [0.29, 0.717) is 10.2 Å². The van der Waals surface area contributed by atoms with E-state index in [1.807, 2.05) is 0 Å². The molecule has 0 spiro atoms. The third-order valence-corrected chi connectivity index (χ3v) is 2.24. The summed E-state index contributed by atoms with van der Waals surface area (Å²) in [5, 5.41) is 10.0. The zero-order valence-electron chi connectivity index (χ0n) is 9.69. The van der Waals surface area contributed by atoms with Crippen molar-refractivity contribution in [2.75, 3.05) is 0 Å². The number of benzene rings is 1. The van der Waals surface area contributed by atoms with Crippen molar-refractivity contribution in [3.63, 3.8) is 0 Å². The topological polar surface area (TPSA) is 43.1 Å². The molecule has 1 aromatic heterocycles. The van der Waals surface area contributed by atoms with Crippen LogP contribution in [0.4, 0.5) is 17.6 Å². The second-order valence-corrected chi connectivity index (χ2v) is 3.68. The molecule has 0 aliphatic rings. The molecular weight excluding hydrogens is 264 g/mol. The molecule has 0 N–H and O–H groups in total. The lowest BCUT2D eigenvalue weighted by molar-refractivity contribution is -0.147. The lowest BCUT2D eigenvalue weighted by Gasteiger charge is -2.05. The number of halogens is 4. The summed E-state index contributed by atoms with van der Waals surface area (Å²) in [6.07, 6.45) is -3.47. The Bertz CT molecular complexity index is 598. The molecule has 0 fully saturated rings. The van der Waals surface area contributed by atoms with Gasteiger partial charge in [0.25, 0.3) is 5.82 Å². The Morgan fingerprint density at radius 3 is 2.37 bits per heavy atom. The predicted octanol–water partition coefficient (Wildman–Crippen LogP) is 2.63. The summed E-state index contributed by atoms with van der Waals surface area (Å²) in [6.45, 7) is 1.35. The Labute approximate surface area is 105 Å². The van der Waals surface area contributed by atoms with Gasteiger partial charge in [-0.2, -0.15) is 22.9 Å². The van der Waals surface area contributed by atoms with E-state index in [9.17, 15) is 17.6 Å². The third-order valence-electron chi connectivity index (χ3n) is 2.24. The Balaban J connectivity index is 2.33. The molecule has 0 amide bonds. The highest BCUT2D eigenvalue weighted by Gasteiger charge is 2.38. The molecule has 100 valence electrons. The van der Waals surface area contributed by atoms with Gasteiger partial charge in [0.05, 0.1) is 6.21 Å². The van der Waals surface area contributed by atoms with Gasteiger partial charge in [-0.3, -0.25) is 0 Å². The molecule has 2 rings (SSSR count). The van der Waals surface area contributed by atoms with Crippen molar-refractivity contribution < 1.29 is 17.6 Å². The number of aromatic nitrogens is 3. The van der Waals surface area contributed by atoms with Crippen LogP contribution in [0.1, 0.15) is 17.2 Å². The molecule has 0 saturated heterocycles. The van der Waals surface area contributed by atoms with Crippen LogP contribution in [0.3, 0.4) is 0 Å². The molecule has 1 heterocycles. The van der Waals surface area contributed by atoms with E-state index < -0.39 is 17.8 Å². The van der Waals surface area contributed by atoms with E-state index in [2.05, 4.69) is 15.3 Å². The molecule has 8 heteroatoms. The molecule has 19 heavy (non-hydrogen) atoms. The van der Waals surface area contributed by atoms with E-state index >= 15 is 0 Å². The fourth-order valence-corrected chi connectivity index (χ4v) is 1.35. The van der Waals surface area contributed by atoms with Crippen LogP contribution in [0.15, 0.2) is 29.4 Å². The average Bonchev–Trinajstić information content (AvgIpc) is 2.70. The summed E-state index contributed by atoms with van der Waals surface area (Å²) in [5.74, 6) is -1.64. The summed E-state index contributed by atoms with van der Waals surface area (Å²) < 4.78 is 51.0. The molecule has 0 radical (unpaired) electrons. The van der Waals surface area contributed by atoms with Crippen LogP contribution >= 0.6 is 0 Å². The van der Waals surface area contributed by atoms with Gasteiger partial charge in [0.1, 0.15) is 5.82 Å². The molecule has 0 bridgehead atoms. The highest BCUT2D eigenvalue weighted by molar-refractivity contribution is 5.79. The van der Waals surface area contributed by atoms with Crippen LogP contribution in [0.5, 0.6) is 0 Å². The van der Waals surface area contributed by atoms with Gasteiger partial charge in [-0.25, -0.2) is 4.39 Å². The maximum atomic E-state index is 12.7. The minimum Gasteiger partial charge on any atom is -0.207 e. The first kappa shape index (κ1) is 13.2. The van der Waals surface area contributed by atoms with Gasteiger partial charge in [0.2, 0.25) is 0 Å². The number of hydrogen-bond acceptors (Lipinski definition) is 3. The Hall–Kier alpha value is -2.25. The van der Waals surface area contributed by atoms with Gasteiger partial charge >= 0.3 is 6.18 Å². The highest BCUT2D eigenvalue weighted by Crippen LogP contribution is 2.27. The number of nitrogens with zero attached hydrogens (tertiary/aromatic N) is 4. The Morgan fingerprint density at radius 2 is 1.79 bits per heavy atom. The quantitative estimate of drug-likeness (QED) is 0.623. The molecular formula is C11H8F4N4. The molecule has 4 nitrogen and oxygen atoms in total. The average molecular weight is 272 g/mol. The van der Waals surface area contributed by atoms with E-state index in [0.717, 1.165) is 0 Å². The Kier molecular flexibility index (Phi) is 3.32. The second-order valence-electron chi connectivity index (χ2n) is 3.68. The van der Waals surface area contributed by atoms with Gasteiger partial charge in [-0.05, 0) is 24.6 Å². The fourth-order valence-electron chi connectivity index (χ4n) is 1.35. The molecule has 0 aliphatic heterocycles. The molecule has 1 aromatic carbocycles. The SMILES string of the molecule is Cc1nnc(C(F)(F)F)n1/N=C/c1ccc(F)cc1. The molecule has 0 atom stereocenters. The Morgan fingerprint density at radius 1 is 1.16 bits per heavy atom. The fraction of sp³-hybridized carbons (Fsp3) is 0.182. The first-order chi connectivity index (χ1) is 8.88. The highest BCUT2D eigenvalue weighted by atomic mass is 19.4. The summed E-state index contributed by atoms with van der Waals surface area (Å²) >= 11 is 0. The van der Waals surface area contributed by atoms with Gasteiger partial charge in [0.15, 0.2) is 5.82 Å². The number of hydrogen-bond donors (Lipinski definition) is 0. The van der Waals surface area contributed by atoms with Crippen molar-refractivity contribution in [1.82, 2.24) is 14.9 Å². The van der Waals surface area contributed by atoms with Gasteiger partial charge in [-0.1, -0.05) is 12.1 Å².